The summed E-state index contributed by atoms with van der Waals surface area (Å²) < 4.78 is 8.51. The van der Waals surface area contributed by atoms with E-state index in [1.807, 2.05) is 10.8 Å². The number of aliphatic hydroxyl groups excluding tert-OH is 1. The van der Waals surface area contributed by atoms with Gasteiger partial charge >= 0.3 is 0 Å². The SMILES string of the molecule is CC(C)c1cn(C2OC(CN(C(C)C)C3CC(CCc4nc5ccc(C(C)(C)C)cc5[nH]4)C3)CC2O)c2ncnc(N)c12. The molecular weight excluding hydrogens is 538 g/mol. The molecule has 43 heavy (non-hydrogen) atoms. The van der Waals surface area contributed by atoms with Crippen LogP contribution in [0.3, 0.4) is 0 Å². The number of anilines is 1. The predicted octanol–water partition coefficient (Wildman–Crippen LogP) is 6.08. The van der Waals surface area contributed by atoms with Gasteiger partial charge in [-0.15, -0.1) is 0 Å². The summed E-state index contributed by atoms with van der Waals surface area (Å²) in [7, 11) is 0. The summed E-state index contributed by atoms with van der Waals surface area (Å²) in [6.07, 6.45) is 7.51. The smallest absolute Gasteiger partial charge is 0.161 e. The van der Waals surface area contributed by atoms with Crippen LogP contribution in [0.15, 0.2) is 30.7 Å². The summed E-state index contributed by atoms with van der Waals surface area (Å²) in [4.78, 5) is 19.8. The lowest BCUT2D eigenvalue weighted by Gasteiger charge is -2.46. The molecule has 3 unspecified atom stereocenters. The molecule has 0 spiro atoms. The summed E-state index contributed by atoms with van der Waals surface area (Å²) in [5.74, 6) is 2.52. The molecule has 1 aromatic carbocycles. The van der Waals surface area contributed by atoms with E-state index in [-0.39, 0.29) is 17.4 Å². The van der Waals surface area contributed by atoms with Crippen LogP contribution in [0.2, 0.25) is 0 Å². The molecular formula is C34H49N7O2. The molecule has 1 saturated heterocycles. The first kappa shape index (κ1) is 30.0. The first-order valence-electron chi connectivity index (χ1n) is 16.1. The Labute approximate surface area is 255 Å². The van der Waals surface area contributed by atoms with E-state index in [9.17, 15) is 5.11 Å². The maximum atomic E-state index is 11.1. The normalized spacial score (nSPS) is 24.7. The van der Waals surface area contributed by atoms with E-state index >= 15 is 0 Å². The Kier molecular flexibility index (Phi) is 8.02. The standard InChI is InChI=1S/C34H49N7O2/c1-19(2)25-17-41(32-30(25)31(35)36-18-37-32)33-28(42)15-24(43-33)16-40(20(3)4)23-12-21(13-23)8-11-29-38-26-10-9-22(34(5,6)7)14-27(26)39-29/h9-10,14,17-21,23-24,28,33,42H,8,11-13,15-16H2,1-7H3,(H,38,39)(H2,35,36,37). The molecule has 2 aliphatic rings. The van der Waals surface area contributed by atoms with Gasteiger partial charge in [0.2, 0.25) is 0 Å². The topological polar surface area (TPSA) is 118 Å². The Morgan fingerprint density at radius 3 is 2.60 bits per heavy atom. The minimum absolute atomic E-state index is 0.0471. The van der Waals surface area contributed by atoms with Crippen molar-refractivity contribution in [2.24, 2.45) is 5.92 Å². The Bertz CT molecular complexity index is 1580. The van der Waals surface area contributed by atoms with Gasteiger partial charge in [0.15, 0.2) is 6.23 Å². The van der Waals surface area contributed by atoms with Crippen molar-refractivity contribution in [2.45, 2.75) is 122 Å². The van der Waals surface area contributed by atoms with Gasteiger partial charge in [0.1, 0.15) is 29.7 Å². The van der Waals surface area contributed by atoms with E-state index < -0.39 is 12.3 Å². The molecule has 9 heteroatoms. The Balaban J connectivity index is 1.06. The second-order valence-electron chi connectivity index (χ2n) is 14.5. The molecule has 0 bridgehead atoms. The lowest BCUT2D eigenvalue weighted by Crippen LogP contribution is -2.50. The number of rotatable bonds is 9. The molecule has 1 aliphatic heterocycles. The average molecular weight is 588 g/mol. The van der Waals surface area contributed by atoms with Crippen molar-refractivity contribution in [3.05, 3.63) is 47.7 Å². The van der Waals surface area contributed by atoms with Crippen molar-refractivity contribution in [3.8, 4) is 0 Å². The number of imidazole rings is 1. The van der Waals surface area contributed by atoms with Gasteiger partial charge in [-0.25, -0.2) is 15.0 Å². The van der Waals surface area contributed by atoms with Crippen LogP contribution in [0.4, 0.5) is 5.82 Å². The summed E-state index contributed by atoms with van der Waals surface area (Å²) in [6.45, 7) is 16.4. The summed E-state index contributed by atoms with van der Waals surface area (Å²) in [6, 6.07) is 7.55. The fourth-order valence-corrected chi connectivity index (χ4v) is 7.08. The molecule has 2 fully saturated rings. The van der Waals surface area contributed by atoms with Gasteiger partial charge in [0.25, 0.3) is 0 Å². The van der Waals surface area contributed by atoms with Gasteiger partial charge in [0, 0.05) is 37.7 Å². The van der Waals surface area contributed by atoms with Gasteiger partial charge in [-0.05, 0) is 73.6 Å². The molecule has 6 rings (SSSR count). The van der Waals surface area contributed by atoms with Gasteiger partial charge in [0.05, 0.1) is 22.5 Å². The highest BCUT2D eigenvalue weighted by molar-refractivity contribution is 5.90. The number of nitrogens with two attached hydrogens (primary N) is 1. The van der Waals surface area contributed by atoms with Crippen molar-refractivity contribution in [1.82, 2.24) is 29.4 Å². The molecule has 4 aromatic rings. The highest BCUT2D eigenvalue weighted by Crippen LogP contribution is 2.40. The highest BCUT2D eigenvalue weighted by atomic mass is 16.5. The van der Waals surface area contributed by atoms with Crippen LogP contribution < -0.4 is 5.73 Å². The quantitative estimate of drug-likeness (QED) is 0.217. The third-order valence-electron chi connectivity index (χ3n) is 9.67. The number of hydrogen-bond acceptors (Lipinski definition) is 7. The first-order chi connectivity index (χ1) is 20.4. The number of aromatic amines is 1. The number of aromatic nitrogens is 5. The van der Waals surface area contributed by atoms with Crippen LogP contribution in [0.25, 0.3) is 22.1 Å². The van der Waals surface area contributed by atoms with Crippen molar-refractivity contribution >= 4 is 27.9 Å². The zero-order valence-corrected chi connectivity index (χ0v) is 26.8. The Hall–Kier alpha value is -3.01. The fourth-order valence-electron chi connectivity index (χ4n) is 7.08. The van der Waals surface area contributed by atoms with Crippen molar-refractivity contribution in [3.63, 3.8) is 0 Å². The lowest BCUT2D eigenvalue weighted by molar-refractivity contribution is -0.0576. The lowest BCUT2D eigenvalue weighted by atomic mass is 9.76. The summed E-state index contributed by atoms with van der Waals surface area (Å²) >= 11 is 0. The molecule has 3 aromatic heterocycles. The molecule has 232 valence electrons. The van der Waals surface area contributed by atoms with E-state index in [1.54, 1.807) is 0 Å². The Morgan fingerprint density at radius 2 is 1.91 bits per heavy atom. The minimum atomic E-state index is -0.608. The van der Waals surface area contributed by atoms with E-state index in [4.69, 9.17) is 15.5 Å². The number of ether oxygens (including phenoxy) is 1. The summed E-state index contributed by atoms with van der Waals surface area (Å²) in [5.41, 5.74) is 11.7. The molecule has 3 atom stereocenters. The van der Waals surface area contributed by atoms with Crippen LogP contribution in [0, 0.1) is 5.92 Å². The van der Waals surface area contributed by atoms with Gasteiger partial charge < -0.3 is 25.1 Å². The average Bonchev–Trinajstić information content (AvgIpc) is 3.60. The maximum absolute atomic E-state index is 11.1. The van der Waals surface area contributed by atoms with Crippen molar-refractivity contribution in [1.29, 1.82) is 0 Å². The number of aliphatic hydroxyl groups is 1. The van der Waals surface area contributed by atoms with Gasteiger partial charge in [-0.2, -0.15) is 0 Å². The largest absolute Gasteiger partial charge is 0.388 e. The van der Waals surface area contributed by atoms with E-state index in [2.05, 4.69) is 86.5 Å². The first-order valence-corrected chi connectivity index (χ1v) is 16.1. The number of hydrogen-bond donors (Lipinski definition) is 3. The van der Waals surface area contributed by atoms with E-state index in [0.717, 1.165) is 52.8 Å². The molecule has 4 heterocycles. The molecule has 1 aliphatic carbocycles. The van der Waals surface area contributed by atoms with Crippen LogP contribution in [0.5, 0.6) is 0 Å². The summed E-state index contributed by atoms with van der Waals surface area (Å²) in [5, 5.41) is 12.0. The number of nitrogen functional groups attached to an aromatic ring is 1. The number of fused-ring (bicyclic) bond motifs is 2. The number of nitrogens with one attached hydrogen (secondary N) is 1. The third kappa shape index (κ3) is 5.91. The third-order valence-corrected chi connectivity index (χ3v) is 9.67. The van der Waals surface area contributed by atoms with Crippen LogP contribution in [-0.4, -0.2) is 65.3 Å². The van der Waals surface area contributed by atoms with Crippen molar-refractivity contribution in [2.75, 3.05) is 12.3 Å². The molecule has 4 N–H and O–H groups in total. The van der Waals surface area contributed by atoms with Crippen LogP contribution in [0.1, 0.15) is 103 Å². The highest BCUT2D eigenvalue weighted by Gasteiger charge is 2.41. The minimum Gasteiger partial charge on any atom is -0.388 e. The molecule has 0 radical (unpaired) electrons. The fraction of sp³-hybridized carbons (Fsp3) is 0.618. The van der Waals surface area contributed by atoms with Crippen LogP contribution in [-0.2, 0) is 16.6 Å². The number of benzene rings is 1. The molecule has 0 amide bonds. The van der Waals surface area contributed by atoms with E-state index in [0.29, 0.717) is 30.2 Å². The number of H-pyrrole nitrogens is 1. The number of nitrogens with zero attached hydrogens (tertiary/aromatic N) is 5. The van der Waals surface area contributed by atoms with Gasteiger partial charge in [-0.1, -0.05) is 40.7 Å². The second kappa shape index (κ2) is 11.5. The number of aryl methyl sites for hydroxylation is 1. The Morgan fingerprint density at radius 1 is 1.14 bits per heavy atom. The second-order valence-corrected chi connectivity index (χ2v) is 14.5. The van der Waals surface area contributed by atoms with Crippen LogP contribution >= 0.6 is 0 Å². The predicted molar refractivity (Wildman–Crippen MR) is 172 cm³/mol. The van der Waals surface area contributed by atoms with E-state index in [1.165, 1.54) is 24.7 Å². The zero-order valence-electron chi connectivity index (χ0n) is 26.8. The molecule has 9 nitrogen and oxygen atoms in total. The molecule has 1 saturated carbocycles. The maximum Gasteiger partial charge on any atom is 0.161 e. The van der Waals surface area contributed by atoms with Crippen molar-refractivity contribution < 1.29 is 9.84 Å². The monoisotopic (exact) mass is 587 g/mol. The van der Waals surface area contributed by atoms with Gasteiger partial charge in [-0.3, -0.25) is 4.90 Å². The zero-order chi connectivity index (χ0) is 30.6.